The molecule has 0 aliphatic carbocycles. The molecule has 1 aromatic rings. The molecule has 1 aromatic carbocycles. The van der Waals surface area contributed by atoms with Gasteiger partial charge in [0, 0.05) is 0 Å². The number of phenolic OH excluding ortho intramolecular Hbond substituents is 1. The maximum absolute atomic E-state index is 12.9. The summed E-state index contributed by atoms with van der Waals surface area (Å²) >= 11 is 0. The van der Waals surface area contributed by atoms with Gasteiger partial charge in [-0.1, -0.05) is 6.92 Å². The predicted octanol–water partition coefficient (Wildman–Crippen LogP) is -0.827. The monoisotopic (exact) mass is 288 g/mol. The minimum Gasteiger partial charge on any atom is -0.508 e. The molecule has 112 valence electrons. The topological polar surface area (TPSA) is 46.2 Å². The number of phenols is 1. The van der Waals surface area contributed by atoms with Crippen molar-refractivity contribution in [2.24, 2.45) is 10.8 Å². The van der Waals surface area contributed by atoms with E-state index in [1.807, 2.05) is 12.1 Å². The molecule has 3 N–H and O–H groups in total. The summed E-state index contributed by atoms with van der Waals surface area (Å²) in [5, 5.41) is 9.50. The van der Waals surface area contributed by atoms with Gasteiger partial charge in [0.15, 0.2) is 5.78 Å². The first-order chi connectivity index (χ1) is 9.97. The first-order valence-electron chi connectivity index (χ1n) is 8.00. The smallest absolute Gasteiger partial charge is 0.240 e. The van der Waals surface area contributed by atoms with E-state index in [-0.39, 0.29) is 10.8 Å². The summed E-state index contributed by atoms with van der Waals surface area (Å²) in [7, 11) is 0. The highest BCUT2D eigenvalue weighted by Crippen LogP contribution is 2.38. The van der Waals surface area contributed by atoms with E-state index < -0.39 is 0 Å². The summed E-state index contributed by atoms with van der Waals surface area (Å²) in [6, 6.07) is 7.66. The van der Waals surface area contributed by atoms with Gasteiger partial charge >= 0.3 is 0 Å². The number of carbonyl (C=O) groups excluding carboxylic acids is 1. The largest absolute Gasteiger partial charge is 0.508 e. The fraction of sp³-hybridized carbons (Fsp3) is 0.588. The van der Waals surface area contributed by atoms with Crippen molar-refractivity contribution in [3.63, 3.8) is 0 Å². The lowest BCUT2D eigenvalue weighted by Crippen LogP contribution is -3.41. The summed E-state index contributed by atoms with van der Waals surface area (Å²) in [5.41, 5.74) is 1.06. The molecule has 0 aromatic heterocycles. The number of quaternary nitrogens is 2. The number of hydrogen-bond acceptors (Lipinski definition) is 2. The fourth-order valence-corrected chi connectivity index (χ4v) is 5.33. The summed E-state index contributed by atoms with van der Waals surface area (Å²) < 4.78 is 0. The van der Waals surface area contributed by atoms with Gasteiger partial charge in [0.25, 0.3) is 0 Å². The lowest BCUT2D eigenvalue weighted by Gasteiger charge is -2.59. The molecule has 4 aliphatic heterocycles. The van der Waals surface area contributed by atoms with Crippen molar-refractivity contribution < 1.29 is 19.7 Å². The van der Waals surface area contributed by atoms with Crippen molar-refractivity contribution >= 4 is 5.78 Å². The van der Waals surface area contributed by atoms with Crippen LogP contribution < -0.4 is 9.80 Å². The van der Waals surface area contributed by atoms with Crippen molar-refractivity contribution in [2.75, 3.05) is 26.2 Å². The van der Waals surface area contributed by atoms with Gasteiger partial charge in [-0.2, -0.15) is 0 Å². The Hall–Kier alpha value is -1.39. The number of nitrogens with one attached hydrogen (secondary N) is 2. The van der Waals surface area contributed by atoms with Crippen molar-refractivity contribution in [1.29, 1.82) is 0 Å². The zero-order valence-electron chi connectivity index (χ0n) is 12.8. The number of piperidine rings is 2. The van der Waals surface area contributed by atoms with E-state index in [2.05, 4.69) is 13.8 Å². The van der Waals surface area contributed by atoms with E-state index in [1.165, 1.54) is 5.56 Å². The summed E-state index contributed by atoms with van der Waals surface area (Å²) in [4.78, 5) is 16.0. The van der Waals surface area contributed by atoms with Crippen molar-refractivity contribution in [2.45, 2.75) is 26.4 Å². The van der Waals surface area contributed by atoms with Crippen LogP contribution in [0.5, 0.6) is 5.75 Å². The molecule has 5 rings (SSSR count). The molecule has 21 heavy (non-hydrogen) atoms. The number of Topliss-reactive ketones (excluding diaryl/α,β-unsaturated/α-hetero) is 1. The summed E-state index contributed by atoms with van der Waals surface area (Å²) in [6.07, 6.45) is 1.39. The highest BCUT2D eigenvalue weighted by atomic mass is 16.3. The van der Waals surface area contributed by atoms with Gasteiger partial charge in [-0.05, 0) is 37.6 Å². The Morgan fingerprint density at radius 2 is 1.71 bits per heavy atom. The van der Waals surface area contributed by atoms with Gasteiger partial charge in [0.2, 0.25) is 6.17 Å². The van der Waals surface area contributed by atoms with Gasteiger partial charge < -0.3 is 5.11 Å². The Bertz CT molecular complexity index is 579. The van der Waals surface area contributed by atoms with Gasteiger partial charge in [0.05, 0.1) is 18.7 Å². The van der Waals surface area contributed by atoms with Gasteiger partial charge in [-0.25, -0.2) is 0 Å². The first kappa shape index (κ1) is 13.3. The molecule has 4 fully saturated rings. The lowest BCUT2D eigenvalue weighted by atomic mass is 9.60. The Morgan fingerprint density at radius 1 is 1.14 bits per heavy atom. The fourth-order valence-electron chi connectivity index (χ4n) is 5.33. The van der Waals surface area contributed by atoms with Crippen molar-refractivity contribution in [1.82, 2.24) is 0 Å². The quantitative estimate of drug-likeness (QED) is 0.665. The van der Waals surface area contributed by atoms with E-state index in [4.69, 9.17) is 0 Å². The summed E-state index contributed by atoms with van der Waals surface area (Å²) in [6.45, 7) is 8.22. The molecular formula is C17H24N2O2+2. The molecule has 0 spiro atoms. The second-order valence-electron chi connectivity index (χ2n) is 7.57. The van der Waals surface area contributed by atoms with Crippen LogP contribution in [0, 0.1) is 10.8 Å². The minimum atomic E-state index is -0.134. The molecule has 4 heterocycles. The number of rotatable bonds is 2. The SMILES string of the molecule is CCC12C[NH+]3CC(C)(C[NH+](C1)C3c1ccc(O)cc1)C2=O. The molecular weight excluding hydrogens is 264 g/mol. The Morgan fingerprint density at radius 3 is 2.24 bits per heavy atom. The average molecular weight is 288 g/mol. The third kappa shape index (κ3) is 1.66. The van der Waals surface area contributed by atoms with Gasteiger partial charge in [0.1, 0.15) is 29.7 Å². The number of aromatic hydroxyl groups is 1. The van der Waals surface area contributed by atoms with Crippen LogP contribution in [-0.4, -0.2) is 37.1 Å². The predicted molar refractivity (Wildman–Crippen MR) is 78.1 cm³/mol. The molecule has 0 radical (unpaired) electrons. The van der Waals surface area contributed by atoms with E-state index >= 15 is 0 Å². The lowest BCUT2D eigenvalue weighted by molar-refractivity contribution is -1.18. The normalized spacial score (nSPS) is 44.3. The van der Waals surface area contributed by atoms with E-state index in [0.717, 1.165) is 32.6 Å². The van der Waals surface area contributed by atoms with Crippen LogP contribution in [0.2, 0.25) is 0 Å². The standard InChI is InChI=1S/C17H22N2O2/c1-3-17-10-18-8-16(2,15(17)21)9-19(11-17)14(18)12-4-6-13(20)7-5-12/h4-7,14,20H,3,8-11H2,1-2H3/p+2. The molecule has 4 nitrogen and oxygen atoms in total. The van der Waals surface area contributed by atoms with Crippen molar-refractivity contribution in [3.05, 3.63) is 29.8 Å². The number of ketones is 1. The van der Waals surface area contributed by atoms with E-state index in [9.17, 15) is 9.90 Å². The number of benzene rings is 1. The molecule has 4 heteroatoms. The first-order valence-corrected chi connectivity index (χ1v) is 8.00. The van der Waals surface area contributed by atoms with Crippen LogP contribution in [0.4, 0.5) is 0 Å². The number of carbonyl (C=O) groups is 1. The molecule has 0 saturated carbocycles. The highest BCUT2D eigenvalue weighted by molar-refractivity contribution is 5.91. The summed E-state index contributed by atoms with van der Waals surface area (Å²) in [5.74, 6) is 0.846. The Balaban J connectivity index is 1.74. The zero-order valence-corrected chi connectivity index (χ0v) is 12.8. The second kappa shape index (κ2) is 4.08. The van der Waals surface area contributed by atoms with E-state index in [1.54, 1.807) is 21.9 Å². The van der Waals surface area contributed by atoms with E-state index in [0.29, 0.717) is 17.7 Å². The zero-order chi connectivity index (χ0) is 14.8. The average Bonchev–Trinajstić information content (AvgIpc) is 2.45. The third-order valence-corrected chi connectivity index (χ3v) is 6.11. The van der Waals surface area contributed by atoms with Gasteiger partial charge in [-0.15, -0.1) is 0 Å². The number of hydrogen-bond donors (Lipinski definition) is 3. The third-order valence-electron chi connectivity index (χ3n) is 6.11. The Kier molecular flexibility index (Phi) is 2.58. The molecule has 4 bridgehead atoms. The van der Waals surface area contributed by atoms with Crippen LogP contribution in [0.1, 0.15) is 32.0 Å². The molecule has 4 saturated heterocycles. The van der Waals surface area contributed by atoms with Gasteiger partial charge in [-0.3, -0.25) is 14.6 Å². The van der Waals surface area contributed by atoms with Crippen LogP contribution in [0.15, 0.2) is 24.3 Å². The molecule has 0 amide bonds. The van der Waals surface area contributed by atoms with Crippen LogP contribution in [0.25, 0.3) is 0 Å². The highest BCUT2D eigenvalue weighted by Gasteiger charge is 2.69. The maximum Gasteiger partial charge on any atom is 0.240 e. The molecule has 4 aliphatic rings. The minimum absolute atomic E-state index is 0.0939. The van der Waals surface area contributed by atoms with Crippen LogP contribution in [0.3, 0.4) is 0 Å². The maximum atomic E-state index is 12.9. The van der Waals surface area contributed by atoms with Crippen LogP contribution >= 0.6 is 0 Å². The van der Waals surface area contributed by atoms with Crippen LogP contribution in [-0.2, 0) is 4.79 Å². The molecule has 2 unspecified atom stereocenters. The Labute approximate surface area is 125 Å². The van der Waals surface area contributed by atoms with Crippen molar-refractivity contribution in [3.8, 4) is 5.75 Å². The second-order valence-corrected chi connectivity index (χ2v) is 7.57. The molecule has 2 atom stereocenters.